The Balaban J connectivity index is 2.64. The normalized spacial score (nSPS) is 17.7. The summed E-state index contributed by atoms with van der Waals surface area (Å²) in [6.07, 6.45) is 5.50. The number of nitrogens with two attached hydrogens (primary N) is 1. The topological polar surface area (TPSA) is 83.6 Å². The van der Waals surface area contributed by atoms with Crippen LogP contribution in [0.4, 0.5) is 0 Å². The number of amides is 1. The van der Waals surface area contributed by atoms with Crippen LogP contribution in [-0.2, 0) is 9.59 Å². The van der Waals surface area contributed by atoms with Crippen LogP contribution in [0.25, 0.3) is 0 Å². The first-order valence-corrected chi connectivity index (χ1v) is 5.95. The van der Waals surface area contributed by atoms with Gasteiger partial charge in [0.1, 0.15) is 0 Å². The number of rotatable bonds is 6. The molecule has 1 aliphatic rings. The molecule has 0 saturated heterocycles. The average Bonchev–Trinajstić information content (AvgIpc) is 2.77. The van der Waals surface area contributed by atoms with Gasteiger partial charge in [-0.25, -0.2) is 0 Å². The molecular weight excluding hydrogens is 220 g/mol. The second-order valence-electron chi connectivity index (χ2n) is 4.42. The van der Waals surface area contributed by atoms with Gasteiger partial charge in [-0.15, -0.1) is 6.58 Å². The molecule has 0 aliphatic heterocycles. The van der Waals surface area contributed by atoms with E-state index in [1.165, 1.54) is 0 Å². The monoisotopic (exact) mass is 240 g/mol. The highest BCUT2D eigenvalue weighted by Gasteiger charge is 2.29. The van der Waals surface area contributed by atoms with E-state index in [1.807, 2.05) is 0 Å². The van der Waals surface area contributed by atoms with Crippen LogP contribution in [0.15, 0.2) is 12.7 Å². The molecule has 1 amide bonds. The third-order valence-electron chi connectivity index (χ3n) is 3.09. The molecule has 17 heavy (non-hydrogen) atoms. The Morgan fingerprint density at radius 1 is 1.47 bits per heavy atom. The molecule has 0 aromatic rings. The SMILES string of the molecule is C=CCN(C(=O)C(N)CC(=O)O)C1CCCC1. The molecule has 0 aromatic heterocycles. The van der Waals surface area contributed by atoms with Crippen LogP contribution in [0.5, 0.6) is 0 Å². The fraction of sp³-hybridized carbons (Fsp3) is 0.667. The standard InChI is InChI=1S/C12H20N2O3/c1-2-7-14(9-5-3-4-6-9)12(17)10(13)8-11(15)16/h2,9-10H,1,3-8,13H2,(H,15,16). The lowest BCUT2D eigenvalue weighted by Gasteiger charge is -2.29. The first-order valence-electron chi connectivity index (χ1n) is 5.95. The lowest BCUT2D eigenvalue weighted by molar-refractivity contribution is -0.142. The Bertz CT molecular complexity index is 298. The van der Waals surface area contributed by atoms with Crippen molar-refractivity contribution in [2.24, 2.45) is 5.73 Å². The summed E-state index contributed by atoms with van der Waals surface area (Å²) in [7, 11) is 0. The van der Waals surface area contributed by atoms with Gasteiger partial charge in [-0.05, 0) is 12.8 Å². The van der Waals surface area contributed by atoms with Crippen LogP contribution in [0.3, 0.4) is 0 Å². The summed E-state index contributed by atoms with van der Waals surface area (Å²) < 4.78 is 0. The molecule has 3 N–H and O–H groups in total. The predicted octanol–water partition coefficient (Wildman–Crippen LogP) is 0.746. The Labute approximate surface area is 101 Å². The number of carbonyl (C=O) groups is 2. The van der Waals surface area contributed by atoms with Gasteiger partial charge in [0, 0.05) is 12.6 Å². The summed E-state index contributed by atoms with van der Waals surface area (Å²) in [5.41, 5.74) is 5.61. The van der Waals surface area contributed by atoms with Crippen molar-refractivity contribution in [1.29, 1.82) is 0 Å². The van der Waals surface area contributed by atoms with Gasteiger partial charge in [0.2, 0.25) is 5.91 Å². The minimum Gasteiger partial charge on any atom is -0.481 e. The van der Waals surface area contributed by atoms with Gasteiger partial charge in [0.05, 0.1) is 12.5 Å². The van der Waals surface area contributed by atoms with E-state index in [0.29, 0.717) is 6.54 Å². The van der Waals surface area contributed by atoms with E-state index in [-0.39, 0.29) is 18.4 Å². The molecule has 0 bridgehead atoms. The van der Waals surface area contributed by atoms with Gasteiger partial charge in [-0.3, -0.25) is 9.59 Å². The number of carboxylic acid groups (broad SMARTS) is 1. The van der Waals surface area contributed by atoms with Gasteiger partial charge in [0.15, 0.2) is 0 Å². The van der Waals surface area contributed by atoms with Gasteiger partial charge in [0.25, 0.3) is 0 Å². The molecule has 0 heterocycles. The van der Waals surface area contributed by atoms with E-state index in [4.69, 9.17) is 10.8 Å². The van der Waals surface area contributed by atoms with E-state index < -0.39 is 12.0 Å². The van der Waals surface area contributed by atoms with Crippen LogP contribution in [0.2, 0.25) is 0 Å². The molecule has 96 valence electrons. The lowest BCUT2D eigenvalue weighted by atomic mass is 10.1. The summed E-state index contributed by atoms with van der Waals surface area (Å²) in [6.45, 7) is 4.06. The Morgan fingerprint density at radius 2 is 2.06 bits per heavy atom. The van der Waals surface area contributed by atoms with Crippen molar-refractivity contribution in [1.82, 2.24) is 4.90 Å². The highest BCUT2D eigenvalue weighted by Crippen LogP contribution is 2.24. The summed E-state index contributed by atoms with van der Waals surface area (Å²) in [5.74, 6) is -1.32. The number of hydrogen-bond donors (Lipinski definition) is 2. The zero-order valence-electron chi connectivity index (χ0n) is 9.97. The quantitative estimate of drug-likeness (QED) is 0.671. The second-order valence-corrected chi connectivity index (χ2v) is 4.42. The predicted molar refractivity (Wildman–Crippen MR) is 64.4 cm³/mol. The first kappa shape index (κ1) is 13.7. The summed E-state index contributed by atoms with van der Waals surface area (Å²) in [6, 6.07) is -0.756. The maximum absolute atomic E-state index is 12.0. The highest BCUT2D eigenvalue weighted by molar-refractivity contribution is 5.86. The van der Waals surface area contributed by atoms with E-state index in [1.54, 1.807) is 11.0 Å². The van der Waals surface area contributed by atoms with Crippen LogP contribution < -0.4 is 5.73 Å². The van der Waals surface area contributed by atoms with E-state index in [9.17, 15) is 9.59 Å². The van der Waals surface area contributed by atoms with Crippen molar-refractivity contribution >= 4 is 11.9 Å². The molecule has 0 spiro atoms. The van der Waals surface area contributed by atoms with Gasteiger partial charge in [-0.1, -0.05) is 18.9 Å². The van der Waals surface area contributed by atoms with E-state index in [0.717, 1.165) is 25.7 Å². The van der Waals surface area contributed by atoms with Crippen molar-refractivity contribution in [2.75, 3.05) is 6.54 Å². The number of nitrogens with zero attached hydrogens (tertiary/aromatic N) is 1. The fourth-order valence-electron chi connectivity index (χ4n) is 2.26. The van der Waals surface area contributed by atoms with Crippen LogP contribution in [-0.4, -0.2) is 40.5 Å². The molecule has 5 heteroatoms. The second kappa shape index (κ2) is 6.39. The molecular formula is C12H20N2O3. The molecule has 1 fully saturated rings. The maximum Gasteiger partial charge on any atom is 0.305 e. The maximum atomic E-state index is 12.0. The Hall–Kier alpha value is -1.36. The minimum atomic E-state index is -1.05. The molecule has 5 nitrogen and oxygen atoms in total. The zero-order chi connectivity index (χ0) is 12.8. The largest absolute Gasteiger partial charge is 0.481 e. The zero-order valence-corrected chi connectivity index (χ0v) is 9.97. The van der Waals surface area contributed by atoms with Crippen LogP contribution in [0, 0.1) is 0 Å². The van der Waals surface area contributed by atoms with Gasteiger partial charge in [-0.2, -0.15) is 0 Å². The lowest BCUT2D eigenvalue weighted by Crippen LogP contribution is -2.48. The summed E-state index contributed by atoms with van der Waals surface area (Å²) >= 11 is 0. The Kier molecular flexibility index (Phi) is 5.15. The smallest absolute Gasteiger partial charge is 0.305 e. The van der Waals surface area contributed by atoms with Crippen molar-refractivity contribution in [3.05, 3.63) is 12.7 Å². The number of carboxylic acids is 1. The van der Waals surface area contributed by atoms with E-state index >= 15 is 0 Å². The summed E-state index contributed by atoms with van der Waals surface area (Å²) in [5, 5.41) is 8.64. The van der Waals surface area contributed by atoms with Gasteiger partial charge < -0.3 is 15.7 Å². The molecule has 1 rings (SSSR count). The third kappa shape index (κ3) is 3.85. The number of aliphatic carboxylic acids is 1. The number of carbonyl (C=O) groups excluding carboxylic acids is 1. The van der Waals surface area contributed by atoms with Gasteiger partial charge >= 0.3 is 5.97 Å². The molecule has 1 unspecified atom stereocenters. The van der Waals surface area contributed by atoms with E-state index in [2.05, 4.69) is 6.58 Å². The third-order valence-corrected chi connectivity index (χ3v) is 3.09. The molecule has 1 atom stereocenters. The minimum absolute atomic E-state index is 0.195. The Morgan fingerprint density at radius 3 is 2.53 bits per heavy atom. The molecule has 0 radical (unpaired) electrons. The summed E-state index contributed by atoms with van der Waals surface area (Å²) in [4.78, 5) is 24.3. The van der Waals surface area contributed by atoms with Crippen molar-refractivity contribution in [3.63, 3.8) is 0 Å². The number of hydrogen-bond acceptors (Lipinski definition) is 3. The van der Waals surface area contributed by atoms with Crippen molar-refractivity contribution in [3.8, 4) is 0 Å². The van der Waals surface area contributed by atoms with Crippen molar-refractivity contribution in [2.45, 2.75) is 44.2 Å². The molecule has 1 aliphatic carbocycles. The van der Waals surface area contributed by atoms with Crippen LogP contribution >= 0.6 is 0 Å². The molecule has 0 aromatic carbocycles. The van der Waals surface area contributed by atoms with Crippen LogP contribution in [0.1, 0.15) is 32.1 Å². The molecule has 1 saturated carbocycles. The first-order chi connectivity index (χ1) is 8.06. The average molecular weight is 240 g/mol. The highest BCUT2D eigenvalue weighted by atomic mass is 16.4. The fourth-order valence-corrected chi connectivity index (χ4v) is 2.26. The van der Waals surface area contributed by atoms with Crippen molar-refractivity contribution < 1.29 is 14.7 Å².